The highest BCUT2D eigenvalue weighted by molar-refractivity contribution is 7.89. The third-order valence-electron chi connectivity index (χ3n) is 3.79. The van der Waals surface area contributed by atoms with Crippen LogP contribution in [0.15, 0.2) is 30.3 Å². The van der Waals surface area contributed by atoms with Crippen molar-refractivity contribution >= 4 is 10.0 Å². The molecule has 2 rings (SSSR count). The van der Waals surface area contributed by atoms with E-state index >= 15 is 0 Å². The predicted molar refractivity (Wildman–Crippen MR) is 78.5 cm³/mol. The van der Waals surface area contributed by atoms with Crippen LogP contribution in [-0.4, -0.2) is 20.7 Å². The van der Waals surface area contributed by atoms with Crippen LogP contribution in [0.5, 0.6) is 0 Å². The van der Waals surface area contributed by atoms with E-state index in [1.807, 2.05) is 30.3 Å². The smallest absolute Gasteiger partial charge is 0.211 e. The maximum atomic E-state index is 11.9. The number of aryl methyl sites for hydroxylation is 1. The van der Waals surface area contributed by atoms with Crippen LogP contribution < -0.4 is 4.72 Å². The molecule has 0 aromatic heterocycles. The van der Waals surface area contributed by atoms with Crippen molar-refractivity contribution in [3.8, 4) is 0 Å². The van der Waals surface area contributed by atoms with Crippen molar-refractivity contribution < 1.29 is 8.42 Å². The zero-order valence-electron chi connectivity index (χ0n) is 11.3. The molecule has 1 fully saturated rings. The molecule has 1 aliphatic carbocycles. The van der Waals surface area contributed by atoms with Crippen molar-refractivity contribution in [2.24, 2.45) is 5.92 Å². The number of hydrogen-bond acceptors (Lipinski definition) is 2. The molecule has 0 aliphatic heterocycles. The summed E-state index contributed by atoms with van der Waals surface area (Å²) in [5.41, 5.74) is 1.20. The van der Waals surface area contributed by atoms with Gasteiger partial charge in [-0.05, 0) is 37.2 Å². The Hall–Kier alpha value is -0.870. The number of sulfonamides is 1. The van der Waals surface area contributed by atoms with Gasteiger partial charge in [0, 0.05) is 6.54 Å². The fourth-order valence-corrected chi connectivity index (χ4v) is 3.80. The van der Waals surface area contributed by atoms with Crippen LogP contribution in [0, 0.1) is 5.92 Å². The van der Waals surface area contributed by atoms with Gasteiger partial charge in [0.2, 0.25) is 10.0 Å². The third-order valence-corrected chi connectivity index (χ3v) is 5.22. The molecule has 1 aromatic carbocycles. The van der Waals surface area contributed by atoms with Crippen molar-refractivity contribution in [1.29, 1.82) is 0 Å². The van der Waals surface area contributed by atoms with Gasteiger partial charge in [-0.15, -0.1) is 0 Å². The second-order valence-electron chi connectivity index (χ2n) is 5.41. The topological polar surface area (TPSA) is 46.2 Å². The molecule has 3 nitrogen and oxygen atoms in total. The lowest BCUT2D eigenvalue weighted by Gasteiger charge is -2.11. The summed E-state index contributed by atoms with van der Waals surface area (Å²) < 4.78 is 26.5. The summed E-state index contributed by atoms with van der Waals surface area (Å²) in [6.07, 6.45) is 6.36. The first-order valence-electron chi connectivity index (χ1n) is 7.17. The zero-order valence-corrected chi connectivity index (χ0v) is 12.2. The van der Waals surface area contributed by atoms with Crippen LogP contribution in [0.4, 0.5) is 0 Å². The molecule has 0 amide bonds. The quantitative estimate of drug-likeness (QED) is 0.835. The van der Waals surface area contributed by atoms with E-state index in [0.29, 0.717) is 18.9 Å². The summed E-state index contributed by atoms with van der Waals surface area (Å²) in [6.45, 7) is 0.633. The summed E-state index contributed by atoms with van der Waals surface area (Å²) in [5.74, 6) is 0.790. The number of rotatable bonds is 7. The van der Waals surface area contributed by atoms with Crippen molar-refractivity contribution in [2.75, 3.05) is 12.3 Å². The molecule has 0 radical (unpaired) electrons. The Kier molecular flexibility index (Phi) is 5.40. The Morgan fingerprint density at radius 1 is 1.11 bits per heavy atom. The lowest BCUT2D eigenvalue weighted by Crippen LogP contribution is -2.30. The molecule has 106 valence electrons. The van der Waals surface area contributed by atoms with Crippen LogP contribution >= 0.6 is 0 Å². The van der Waals surface area contributed by atoms with Crippen LogP contribution in [0.25, 0.3) is 0 Å². The molecular formula is C15H23NO2S. The molecule has 1 saturated carbocycles. The SMILES string of the molecule is O=S(=O)(CCCc1ccccc1)NCC1CCCC1. The van der Waals surface area contributed by atoms with Gasteiger partial charge in [0.1, 0.15) is 0 Å². The minimum Gasteiger partial charge on any atom is -0.215 e. The molecule has 0 spiro atoms. The van der Waals surface area contributed by atoms with Crippen molar-refractivity contribution in [2.45, 2.75) is 38.5 Å². The highest BCUT2D eigenvalue weighted by Gasteiger charge is 2.17. The minimum absolute atomic E-state index is 0.231. The van der Waals surface area contributed by atoms with Crippen LogP contribution in [0.1, 0.15) is 37.7 Å². The second kappa shape index (κ2) is 7.06. The van der Waals surface area contributed by atoms with Gasteiger partial charge in [0.25, 0.3) is 0 Å². The first-order chi connectivity index (χ1) is 9.16. The van der Waals surface area contributed by atoms with Gasteiger partial charge in [-0.2, -0.15) is 0 Å². The molecule has 0 bridgehead atoms. The van der Waals surface area contributed by atoms with Crippen LogP contribution in [-0.2, 0) is 16.4 Å². The molecule has 1 aliphatic rings. The highest BCUT2D eigenvalue weighted by atomic mass is 32.2. The number of hydrogen-bond donors (Lipinski definition) is 1. The highest BCUT2D eigenvalue weighted by Crippen LogP contribution is 2.23. The average Bonchev–Trinajstić information content (AvgIpc) is 2.91. The van der Waals surface area contributed by atoms with E-state index in [1.54, 1.807) is 0 Å². The normalized spacial score (nSPS) is 16.8. The van der Waals surface area contributed by atoms with E-state index in [1.165, 1.54) is 31.2 Å². The zero-order chi connectivity index (χ0) is 13.6. The van der Waals surface area contributed by atoms with Gasteiger partial charge in [-0.3, -0.25) is 0 Å². The van der Waals surface area contributed by atoms with Crippen molar-refractivity contribution in [3.63, 3.8) is 0 Å². The molecule has 0 unspecified atom stereocenters. The molecule has 19 heavy (non-hydrogen) atoms. The van der Waals surface area contributed by atoms with Gasteiger partial charge in [-0.25, -0.2) is 13.1 Å². The van der Waals surface area contributed by atoms with Gasteiger partial charge in [0.15, 0.2) is 0 Å². The van der Waals surface area contributed by atoms with E-state index < -0.39 is 10.0 Å². The Morgan fingerprint density at radius 2 is 1.79 bits per heavy atom. The summed E-state index contributed by atoms with van der Waals surface area (Å²) in [5, 5.41) is 0. The molecule has 0 saturated heterocycles. The first kappa shape index (κ1) is 14.5. The van der Waals surface area contributed by atoms with Crippen LogP contribution in [0.2, 0.25) is 0 Å². The Labute approximate surface area is 116 Å². The Morgan fingerprint density at radius 3 is 2.47 bits per heavy atom. The summed E-state index contributed by atoms with van der Waals surface area (Å²) in [4.78, 5) is 0. The van der Waals surface area contributed by atoms with E-state index in [9.17, 15) is 8.42 Å². The van der Waals surface area contributed by atoms with Gasteiger partial charge < -0.3 is 0 Å². The van der Waals surface area contributed by atoms with E-state index in [2.05, 4.69) is 4.72 Å². The first-order valence-corrected chi connectivity index (χ1v) is 8.82. The van der Waals surface area contributed by atoms with Crippen LogP contribution in [0.3, 0.4) is 0 Å². The molecule has 4 heteroatoms. The van der Waals surface area contributed by atoms with Crippen molar-refractivity contribution in [1.82, 2.24) is 4.72 Å². The maximum absolute atomic E-state index is 11.9. The Bertz CT molecular complexity index is 464. The molecule has 1 aromatic rings. The Balaban J connectivity index is 1.68. The van der Waals surface area contributed by atoms with Gasteiger partial charge >= 0.3 is 0 Å². The third kappa shape index (κ3) is 5.33. The standard InChI is InChI=1S/C15H23NO2S/c17-19(18,16-13-15-9-4-5-10-15)12-6-11-14-7-2-1-3-8-14/h1-3,7-8,15-16H,4-6,9-13H2. The largest absolute Gasteiger partial charge is 0.215 e. The lowest BCUT2D eigenvalue weighted by molar-refractivity contribution is 0.519. The van der Waals surface area contributed by atoms with E-state index in [0.717, 1.165) is 6.42 Å². The monoisotopic (exact) mass is 281 g/mol. The molecule has 0 atom stereocenters. The van der Waals surface area contributed by atoms with Gasteiger partial charge in [-0.1, -0.05) is 43.2 Å². The van der Waals surface area contributed by atoms with E-state index in [4.69, 9.17) is 0 Å². The van der Waals surface area contributed by atoms with Crippen molar-refractivity contribution in [3.05, 3.63) is 35.9 Å². The fraction of sp³-hybridized carbons (Fsp3) is 0.600. The molecule has 0 heterocycles. The number of nitrogens with one attached hydrogen (secondary N) is 1. The summed E-state index contributed by atoms with van der Waals surface area (Å²) in [7, 11) is -3.09. The lowest BCUT2D eigenvalue weighted by atomic mass is 10.1. The average molecular weight is 281 g/mol. The summed E-state index contributed by atoms with van der Waals surface area (Å²) >= 11 is 0. The van der Waals surface area contributed by atoms with E-state index in [-0.39, 0.29) is 5.75 Å². The number of benzene rings is 1. The van der Waals surface area contributed by atoms with Gasteiger partial charge in [0.05, 0.1) is 5.75 Å². The fourth-order valence-electron chi connectivity index (χ4n) is 2.64. The predicted octanol–water partition coefficient (Wildman–Crippen LogP) is 2.73. The summed E-state index contributed by atoms with van der Waals surface area (Å²) in [6, 6.07) is 10.0. The second-order valence-corrected chi connectivity index (χ2v) is 7.33. The minimum atomic E-state index is -3.09. The molecular weight excluding hydrogens is 258 g/mol. The molecule has 1 N–H and O–H groups in total. The maximum Gasteiger partial charge on any atom is 0.211 e.